The van der Waals surface area contributed by atoms with Gasteiger partial charge in [0.25, 0.3) is 0 Å². The molecule has 4 nitrogen and oxygen atoms in total. The number of piperidine rings is 1. The molecule has 114 valence electrons. The summed E-state index contributed by atoms with van der Waals surface area (Å²) in [5.41, 5.74) is 0.694. The third-order valence-corrected chi connectivity index (χ3v) is 4.78. The highest BCUT2D eigenvalue weighted by Gasteiger charge is 2.46. The van der Waals surface area contributed by atoms with Gasteiger partial charge in [-0.1, -0.05) is 23.7 Å². The van der Waals surface area contributed by atoms with Gasteiger partial charge in [0.1, 0.15) is 5.60 Å². The van der Waals surface area contributed by atoms with Crippen LogP contribution in [0.1, 0.15) is 25.3 Å². The minimum atomic E-state index is -0.378. The van der Waals surface area contributed by atoms with Crippen molar-refractivity contribution in [2.75, 3.05) is 19.6 Å². The molecule has 3 rings (SSSR count). The summed E-state index contributed by atoms with van der Waals surface area (Å²) in [5, 5.41) is 4.11. The van der Waals surface area contributed by atoms with E-state index in [0.29, 0.717) is 24.0 Å². The molecular weight excluding hydrogens is 288 g/mol. The molecule has 0 radical (unpaired) electrons. The number of nitrogens with zero attached hydrogens (tertiary/aromatic N) is 1. The Morgan fingerprint density at radius 2 is 2.19 bits per heavy atom. The molecule has 2 aliphatic heterocycles. The second-order valence-corrected chi connectivity index (χ2v) is 6.64. The molecule has 1 amide bonds. The molecule has 1 aromatic rings. The second kappa shape index (κ2) is 5.85. The molecule has 0 saturated carbocycles. The number of hydrogen-bond acceptors (Lipinski definition) is 3. The van der Waals surface area contributed by atoms with Crippen LogP contribution >= 0.6 is 11.6 Å². The largest absolute Gasteiger partial charge is 0.441 e. The quantitative estimate of drug-likeness (QED) is 0.933. The smallest absolute Gasteiger partial charge is 0.410 e. The first-order valence-electron chi connectivity index (χ1n) is 7.50. The fraction of sp³-hybridized carbons (Fsp3) is 0.562. The van der Waals surface area contributed by atoms with E-state index in [-0.39, 0.29) is 11.7 Å². The van der Waals surface area contributed by atoms with Gasteiger partial charge in [-0.15, -0.1) is 0 Å². The van der Waals surface area contributed by atoms with Gasteiger partial charge in [0.2, 0.25) is 0 Å². The average molecular weight is 309 g/mol. The van der Waals surface area contributed by atoms with Gasteiger partial charge in [-0.3, -0.25) is 4.90 Å². The Hall–Kier alpha value is -1.26. The predicted octanol–water partition coefficient (Wildman–Crippen LogP) is 3.05. The molecule has 21 heavy (non-hydrogen) atoms. The van der Waals surface area contributed by atoms with E-state index in [1.165, 1.54) is 0 Å². The molecule has 1 N–H and O–H groups in total. The monoisotopic (exact) mass is 308 g/mol. The zero-order chi connectivity index (χ0) is 14.9. The number of benzene rings is 1. The molecule has 2 heterocycles. The molecule has 0 spiro atoms. The lowest BCUT2D eigenvalue weighted by Gasteiger charge is -2.34. The van der Waals surface area contributed by atoms with Crippen molar-refractivity contribution < 1.29 is 9.53 Å². The van der Waals surface area contributed by atoms with Crippen LogP contribution in [0.2, 0.25) is 5.02 Å². The van der Waals surface area contributed by atoms with Crippen molar-refractivity contribution in [2.24, 2.45) is 5.92 Å². The summed E-state index contributed by atoms with van der Waals surface area (Å²) in [5.74, 6) is 0.394. The number of nitrogens with one attached hydrogen (secondary N) is 1. The number of carbonyl (C=O) groups excluding carboxylic acids is 1. The Kier molecular flexibility index (Phi) is 4.09. The van der Waals surface area contributed by atoms with Gasteiger partial charge in [-0.2, -0.15) is 0 Å². The summed E-state index contributed by atoms with van der Waals surface area (Å²) < 4.78 is 5.72. The topological polar surface area (TPSA) is 41.6 Å². The maximum absolute atomic E-state index is 12.2. The molecular formula is C16H21ClN2O2. The summed E-state index contributed by atoms with van der Waals surface area (Å²) >= 11 is 5.89. The highest BCUT2D eigenvalue weighted by molar-refractivity contribution is 6.30. The number of cyclic esters (lactones) is 1. The van der Waals surface area contributed by atoms with Crippen LogP contribution in [0.25, 0.3) is 0 Å². The Balaban J connectivity index is 1.67. The molecule has 2 unspecified atom stereocenters. The van der Waals surface area contributed by atoms with Crippen molar-refractivity contribution in [1.82, 2.24) is 10.2 Å². The van der Waals surface area contributed by atoms with Gasteiger partial charge < -0.3 is 10.1 Å². The summed E-state index contributed by atoms with van der Waals surface area (Å²) in [6.45, 7) is 5.28. The van der Waals surface area contributed by atoms with E-state index < -0.39 is 0 Å². The minimum Gasteiger partial charge on any atom is -0.441 e. The average Bonchev–Trinajstić information content (AvgIpc) is 2.78. The van der Waals surface area contributed by atoms with Crippen LogP contribution in [-0.2, 0) is 11.3 Å². The van der Waals surface area contributed by atoms with Crippen molar-refractivity contribution >= 4 is 17.7 Å². The molecule has 0 bridgehead atoms. The van der Waals surface area contributed by atoms with Crippen LogP contribution in [0.3, 0.4) is 0 Å². The molecule has 2 fully saturated rings. The van der Waals surface area contributed by atoms with Crippen molar-refractivity contribution in [1.29, 1.82) is 0 Å². The number of hydrogen-bond donors (Lipinski definition) is 1. The fourth-order valence-electron chi connectivity index (χ4n) is 3.26. The van der Waals surface area contributed by atoms with E-state index in [1.54, 1.807) is 4.90 Å². The van der Waals surface area contributed by atoms with Gasteiger partial charge in [0, 0.05) is 24.0 Å². The Morgan fingerprint density at radius 3 is 2.86 bits per heavy atom. The first kappa shape index (κ1) is 14.7. The van der Waals surface area contributed by atoms with Crippen LogP contribution in [0.4, 0.5) is 4.79 Å². The normalized spacial score (nSPS) is 29.5. The van der Waals surface area contributed by atoms with Crippen LogP contribution in [0.5, 0.6) is 0 Å². The van der Waals surface area contributed by atoms with E-state index in [9.17, 15) is 4.79 Å². The summed E-state index contributed by atoms with van der Waals surface area (Å²) in [7, 11) is 0. The molecule has 2 saturated heterocycles. The minimum absolute atomic E-state index is 0.210. The van der Waals surface area contributed by atoms with Crippen LogP contribution in [0, 0.1) is 5.92 Å². The van der Waals surface area contributed by atoms with Crippen molar-refractivity contribution in [3.8, 4) is 0 Å². The van der Waals surface area contributed by atoms with Gasteiger partial charge in [0.15, 0.2) is 0 Å². The van der Waals surface area contributed by atoms with E-state index >= 15 is 0 Å². The van der Waals surface area contributed by atoms with E-state index in [1.807, 2.05) is 24.3 Å². The van der Waals surface area contributed by atoms with Crippen molar-refractivity contribution in [2.45, 2.75) is 31.9 Å². The lowest BCUT2D eigenvalue weighted by Crippen LogP contribution is -2.46. The second-order valence-electron chi connectivity index (χ2n) is 6.21. The maximum Gasteiger partial charge on any atom is 0.410 e. The Labute approximate surface area is 130 Å². The van der Waals surface area contributed by atoms with Gasteiger partial charge in [-0.25, -0.2) is 4.79 Å². The molecule has 1 aromatic carbocycles. The van der Waals surface area contributed by atoms with Crippen molar-refractivity contribution in [3.63, 3.8) is 0 Å². The standard InChI is InChI=1S/C16H21ClN2O2/c1-16(13-3-2-8-18-9-13)11-19(15(20)21-16)10-12-4-6-14(17)7-5-12/h4-7,13,18H,2-3,8-11H2,1H3. The van der Waals surface area contributed by atoms with Crippen LogP contribution < -0.4 is 5.32 Å². The first-order chi connectivity index (χ1) is 10.1. The number of carbonyl (C=O) groups is 1. The highest BCUT2D eigenvalue weighted by Crippen LogP contribution is 2.34. The Morgan fingerprint density at radius 1 is 1.43 bits per heavy atom. The van der Waals surface area contributed by atoms with Gasteiger partial charge >= 0.3 is 6.09 Å². The van der Waals surface area contributed by atoms with Gasteiger partial charge in [-0.05, 0) is 44.0 Å². The molecule has 2 aliphatic rings. The van der Waals surface area contributed by atoms with E-state index in [2.05, 4.69) is 12.2 Å². The third-order valence-electron chi connectivity index (χ3n) is 4.53. The van der Waals surface area contributed by atoms with E-state index in [4.69, 9.17) is 16.3 Å². The number of ether oxygens (including phenoxy) is 1. The lowest BCUT2D eigenvalue weighted by molar-refractivity contribution is 0.0121. The number of rotatable bonds is 3. The summed E-state index contributed by atoms with van der Waals surface area (Å²) in [6.07, 6.45) is 2.05. The van der Waals surface area contributed by atoms with Gasteiger partial charge in [0.05, 0.1) is 6.54 Å². The number of halogens is 1. The Bertz CT molecular complexity index is 514. The lowest BCUT2D eigenvalue weighted by atomic mass is 9.83. The molecule has 2 atom stereocenters. The third kappa shape index (κ3) is 3.16. The summed E-state index contributed by atoms with van der Waals surface area (Å²) in [6, 6.07) is 7.60. The van der Waals surface area contributed by atoms with Crippen LogP contribution in [-0.4, -0.2) is 36.2 Å². The molecule has 0 aliphatic carbocycles. The summed E-state index contributed by atoms with van der Waals surface area (Å²) in [4.78, 5) is 14.0. The van der Waals surface area contributed by atoms with Crippen molar-refractivity contribution in [3.05, 3.63) is 34.9 Å². The fourth-order valence-corrected chi connectivity index (χ4v) is 3.38. The predicted molar refractivity (Wildman–Crippen MR) is 82.3 cm³/mol. The maximum atomic E-state index is 12.2. The zero-order valence-corrected chi connectivity index (χ0v) is 13.0. The number of amides is 1. The zero-order valence-electron chi connectivity index (χ0n) is 12.3. The highest BCUT2D eigenvalue weighted by atomic mass is 35.5. The SMILES string of the molecule is CC1(C2CCCNC2)CN(Cc2ccc(Cl)cc2)C(=O)O1. The molecule has 0 aromatic heterocycles. The first-order valence-corrected chi connectivity index (χ1v) is 7.88. The molecule has 5 heteroatoms. The van der Waals surface area contributed by atoms with E-state index in [0.717, 1.165) is 31.5 Å². The van der Waals surface area contributed by atoms with Crippen LogP contribution in [0.15, 0.2) is 24.3 Å².